The average molecular weight is 502 g/mol. The second-order valence-corrected chi connectivity index (χ2v) is 8.66. The molecule has 4 N–H and O–H groups in total. The van der Waals surface area contributed by atoms with Gasteiger partial charge in [0.15, 0.2) is 0 Å². The number of alkyl halides is 1. The number of carbonyl (C=O) groups excluding carboxylic acids is 1. The van der Waals surface area contributed by atoms with Crippen LogP contribution in [0.3, 0.4) is 0 Å². The first-order valence-corrected chi connectivity index (χ1v) is 11.9. The summed E-state index contributed by atoms with van der Waals surface area (Å²) in [7, 11) is 1.86. The lowest BCUT2D eigenvalue weighted by atomic mass is 9.98. The number of hydrogen-bond acceptors (Lipinski definition) is 4. The monoisotopic (exact) mass is 501 g/mol. The van der Waals surface area contributed by atoms with Gasteiger partial charge in [-0.15, -0.1) is 0 Å². The van der Waals surface area contributed by atoms with Crippen LogP contribution in [0.2, 0.25) is 0 Å². The van der Waals surface area contributed by atoms with Crippen molar-refractivity contribution in [2.45, 2.75) is 18.9 Å². The molecule has 190 valence electrons. The Labute approximate surface area is 213 Å². The Morgan fingerprint density at radius 1 is 1.03 bits per heavy atom. The SMILES string of the molecule is Cn1c([C@H](CCCNC(=N)CF)NC(=O)c2ccc(-c3ccccc3)cc2C(=O)O)nc2ccccc21. The number of nitrogens with one attached hydrogen (secondary N) is 3. The molecule has 0 aliphatic heterocycles. The van der Waals surface area contributed by atoms with Crippen LogP contribution in [-0.4, -0.2) is 45.6 Å². The number of nitrogens with zero attached hydrogens (tertiary/aromatic N) is 2. The number of aromatic nitrogens is 2. The predicted molar refractivity (Wildman–Crippen MR) is 141 cm³/mol. The summed E-state index contributed by atoms with van der Waals surface area (Å²) in [6, 6.07) is 21.2. The summed E-state index contributed by atoms with van der Waals surface area (Å²) in [6.07, 6.45) is 0.967. The number of carboxylic acids is 1. The molecular weight excluding hydrogens is 473 g/mol. The highest BCUT2D eigenvalue weighted by Crippen LogP contribution is 2.26. The van der Waals surface area contributed by atoms with Gasteiger partial charge in [-0.2, -0.15) is 0 Å². The van der Waals surface area contributed by atoms with E-state index in [0.29, 0.717) is 30.8 Å². The summed E-state index contributed by atoms with van der Waals surface area (Å²) >= 11 is 0. The maximum Gasteiger partial charge on any atom is 0.336 e. The molecule has 8 nitrogen and oxygen atoms in total. The molecule has 4 rings (SSSR count). The Morgan fingerprint density at radius 3 is 2.46 bits per heavy atom. The van der Waals surface area contributed by atoms with E-state index in [1.165, 1.54) is 12.1 Å². The number of carbonyl (C=O) groups is 2. The Morgan fingerprint density at radius 2 is 1.76 bits per heavy atom. The molecule has 0 radical (unpaired) electrons. The van der Waals surface area contributed by atoms with Crippen molar-refractivity contribution in [3.8, 4) is 11.1 Å². The number of aromatic carboxylic acids is 1. The van der Waals surface area contributed by atoms with Gasteiger partial charge in [-0.3, -0.25) is 10.2 Å². The zero-order valence-corrected chi connectivity index (χ0v) is 20.4. The van der Waals surface area contributed by atoms with Crippen molar-refractivity contribution in [3.63, 3.8) is 0 Å². The summed E-state index contributed by atoms with van der Waals surface area (Å²) in [5, 5.41) is 23.0. The van der Waals surface area contributed by atoms with Gasteiger partial charge < -0.3 is 20.3 Å². The van der Waals surface area contributed by atoms with Crippen molar-refractivity contribution >= 4 is 28.7 Å². The minimum atomic E-state index is -1.20. The highest BCUT2D eigenvalue weighted by molar-refractivity contribution is 6.05. The van der Waals surface area contributed by atoms with Crippen LogP contribution in [0, 0.1) is 5.41 Å². The van der Waals surface area contributed by atoms with Gasteiger partial charge in [-0.05, 0) is 48.2 Å². The number of aryl methyl sites for hydroxylation is 1. The lowest BCUT2D eigenvalue weighted by molar-refractivity contribution is 0.0690. The number of amidine groups is 1. The van der Waals surface area contributed by atoms with Crippen molar-refractivity contribution in [3.05, 3.63) is 89.7 Å². The molecular formula is C28H28FN5O3. The van der Waals surface area contributed by atoms with Crippen LogP contribution in [0.4, 0.5) is 4.39 Å². The van der Waals surface area contributed by atoms with Gasteiger partial charge in [0.2, 0.25) is 0 Å². The molecule has 9 heteroatoms. The topological polar surface area (TPSA) is 120 Å². The van der Waals surface area contributed by atoms with Gasteiger partial charge in [0.25, 0.3) is 5.91 Å². The molecule has 0 fully saturated rings. The molecule has 0 unspecified atom stereocenters. The molecule has 1 amide bonds. The van der Waals surface area contributed by atoms with E-state index in [1.54, 1.807) is 6.07 Å². The van der Waals surface area contributed by atoms with Gasteiger partial charge in [-0.1, -0.05) is 48.5 Å². The maximum atomic E-state index is 13.4. The fourth-order valence-electron chi connectivity index (χ4n) is 4.30. The third-order valence-electron chi connectivity index (χ3n) is 6.18. The van der Waals surface area contributed by atoms with E-state index in [9.17, 15) is 19.1 Å². The summed E-state index contributed by atoms with van der Waals surface area (Å²) in [5.74, 6) is -1.31. The van der Waals surface area contributed by atoms with Crippen LogP contribution < -0.4 is 10.6 Å². The average Bonchev–Trinajstić information content (AvgIpc) is 3.26. The predicted octanol–water partition coefficient (Wildman–Crippen LogP) is 4.73. The number of para-hydroxylation sites is 2. The largest absolute Gasteiger partial charge is 0.478 e. The molecule has 1 atom stereocenters. The number of imidazole rings is 1. The van der Waals surface area contributed by atoms with Gasteiger partial charge in [0.1, 0.15) is 18.3 Å². The smallest absolute Gasteiger partial charge is 0.336 e. The third kappa shape index (κ3) is 5.83. The number of halogens is 1. The third-order valence-corrected chi connectivity index (χ3v) is 6.18. The molecule has 1 aromatic heterocycles. The summed E-state index contributed by atoms with van der Waals surface area (Å²) in [5.41, 5.74) is 3.17. The summed E-state index contributed by atoms with van der Waals surface area (Å²) < 4.78 is 14.5. The summed E-state index contributed by atoms with van der Waals surface area (Å²) in [6.45, 7) is -0.521. The van der Waals surface area contributed by atoms with Crippen molar-refractivity contribution in [1.82, 2.24) is 20.2 Å². The number of amides is 1. The minimum Gasteiger partial charge on any atom is -0.478 e. The van der Waals surface area contributed by atoms with Gasteiger partial charge in [0, 0.05) is 13.6 Å². The Hall–Kier alpha value is -4.53. The van der Waals surface area contributed by atoms with Crippen molar-refractivity contribution in [2.24, 2.45) is 7.05 Å². The van der Waals surface area contributed by atoms with E-state index in [-0.39, 0.29) is 17.0 Å². The molecule has 4 aromatic rings. The van der Waals surface area contributed by atoms with E-state index in [0.717, 1.165) is 16.6 Å². The number of hydrogen-bond donors (Lipinski definition) is 4. The fourth-order valence-corrected chi connectivity index (χ4v) is 4.30. The Balaban J connectivity index is 1.63. The van der Waals surface area contributed by atoms with Crippen LogP contribution in [0.25, 0.3) is 22.2 Å². The van der Waals surface area contributed by atoms with Crippen molar-refractivity contribution in [1.29, 1.82) is 5.41 Å². The highest BCUT2D eigenvalue weighted by atomic mass is 19.1. The van der Waals surface area contributed by atoms with E-state index in [1.807, 2.05) is 66.2 Å². The minimum absolute atomic E-state index is 0.0493. The zero-order chi connectivity index (χ0) is 26.4. The molecule has 0 spiro atoms. The fraction of sp³-hybridized carbons (Fsp3) is 0.214. The van der Waals surface area contributed by atoms with Crippen LogP contribution in [0.1, 0.15) is 45.4 Å². The number of carboxylic acid groups (broad SMARTS) is 1. The maximum absolute atomic E-state index is 13.4. The molecule has 0 saturated heterocycles. The number of rotatable bonds is 10. The van der Waals surface area contributed by atoms with Gasteiger partial charge >= 0.3 is 5.97 Å². The molecule has 0 aliphatic rings. The van der Waals surface area contributed by atoms with Crippen LogP contribution in [0.5, 0.6) is 0 Å². The number of fused-ring (bicyclic) bond motifs is 1. The van der Waals surface area contributed by atoms with E-state index < -0.39 is 24.6 Å². The standard InChI is InChI=1S/C28H28FN5O3/c1-34-24-12-6-5-10-22(24)32-26(34)23(11-7-15-31-25(30)17-29)33-27(35)20-14-13-19(16-21(20)28(36)37)18-8-3-2-4-9-18/h2-6,8-10,12-14,16,23H,7,11,15,17H2,1H3,(H2,30,31)(H,33,35)(H,36,37)/t23-/m0/s1. The first-order valence-electron chi connectivity index (χ1n) is 11.9. The van der Waals surface area contributed by atoms with E-state index >= 15 is 0 Å². The zero-order valence-electron chi connectivity index (χ0n) is 20.4. The highest BCUT2D eigenvalue weighted by Gasteiger charge is 2.24. The van der Waals surface area contributed by atoms with Gasteiger partial charge in [0.05, 0.1) is 28.2 Å². The van der Waals surface area contributed by atoms with Crippen LogP contribution in [0.15, 0.2) is 72.8 Å². The van der Waals surface area contributed by atoms with Crippen LogP contribution in [-0.2, 0) is 7.05 Å². The molecule has 37 heavy (non-hydrogen) atoms. The quantitative estimate of drug-likeness (QED) is 0.142. The van der Waals surface area contributed by atoms with Crippen molar-refractivity contribution in [2.75, 3.05) is 13.2 Å². The summed E-state index contributed by atoms with van der Waals surface area (Å²) in [4.78, 5) is 30.2. The first kappa shape index (κ1) is 25.6. The molecule has 0 aliphatic carbocycles. The molecule has 3 aromatic carbocycles. The van der Waals surface area contributed by atoms with Gasteiger partial charge in [-0.25, -0.2) is 14.2 Å². The Kier molecular flexibility index (Phi) is 7.92. The molecule has 0 saturated carbocycles. The number of benzene rings is 3. The normalized spacial score (nSPS) is 11.7. The lowest BCUT2D eigenvalue weighted by Gasteiger charge is -2.20. The second-order valence-electron chi connectivity index (χ2n) is 8.66. The van der Waals surface area contributed by atoms with Crippen molar-refractivity contribution < 1.29 is 19.1 Å². The Bertz CT molecular complexity index is 1430. The van der Waals surface area contributed by atoms with E-state index in [4.69, 9.17) is 10.4 Å². The molecule has 1 heterocycles. The first-order chi connectivity index (χ1) is 17.9. The van der Waals surface area contributed by atoms with E-state index in [2.05, 4.69) is 10.6 Å². The molecule has 0 bridgehead atoms. The lowest BCUT2D eigenvalue weighted by Crippen LogP contribution is -2.32. The van der Waals surface area contributed by atoms with Crippen LogP contribution >= 0.6 is 0 Å². The second kappa shape index (κ2) is 11.5.